The van der Waals surface area contributed by atoms with Crippen LogP contribution in [-0.2, 0) is 22.8 Å². The van der Waals surface area contributed by atoms with Crippen molar-refractivity contribution in [2.75, 3.05) is 6.61 Å². The standard InChI is InChI=1S/C23H46O5Si2/c1-11-29(12-2,13-3)27-19-14-18-20(26-21(19)17(4)15-24)16-25-30(28-18,22(5,6)7)23(8,9)10/h15,17-21H,11-14,16H2,1-10H3/t17-,18-,19?,20-,21+/m1/s1. The minimum Gasteiger partial charge on any atom is -0.411 e. The Bertz CT molecular complexity index is 557. The molecule has 0 aliphatic carbocycles. The molecule has 0 amide bonds. The molecule has 0 aromatic rings. The van der Waals surface area contributed by atoms with Crippen LogP contribution in [0.3, 0.4) is 0 Å². The van der Waals surface area contributed by atoms with Crippen LogP contribution in [-0.4, -0.2) is 54.2 Å². The highest BCUT2D eigenvalue weighted by molar-refractivity contribution is 6.74. The van der Waals surface area contributed by atoms with E-state index in [1.165, 1.54) is 0 Å². The van der Waals surface area contributed by atoms with Crippen LogP contribution in [0.4, 0.5) is 0 Å². The van der Waals surface area contributed by atoms with Crippen LogP contribution >= 0.6 is 0 Å². The molecule has 30 heavy (non-hydrogen) atoms. The maximum atomic E-state index is 11.7. The molecule has 2 rings (SSSR count). The minimum atomic E-state index is -2.56. The largest absolute Gasteiger partial charge is 0.411 e. The number of hydrogen-bond acceptors (Lipinski definition) is 5. The summed E-state index contributed by atoms with van der Waals surface area (Å²) in [5, 5.41) is -0.122. The van der Waals surface area contributed by atoms with Gasteiger partial charge in [0, 0.05) is 22.4 Å². The summed E-state index contributed by atoms with van der Waals surface area (Å²) in [6.45, 7) is 22.6. The van der Waals surface area contributed by atoms with Crippen LogP contribution in [0, 0.1) is 5.92 Å². The molecule has 5 nitrogen and oxygen atoms in total. The van der Waals surface area contributed by atoms with Gasteiger partial charge in [0.1, 0.15) is 12.4 Å². The number of rotatable bonds is 7. The quantitative estimate of drug-likeness (QED) is 0.355. The fraction of sp³-hybridized carbons (Fsp3) is 0.957. The highest BCUT2D eigenvalue weighted by Gasteiger charge is 2.63. The number of carbonyl (C=O) groups excluding carboxylic acids is 1. The Morgan fingerprint density at radius 2 is 1.57 bits per heavy atom. The molecule has 0 N–H and O–H groups in total. The average Bonchev–Trinajstić information content (AvgIpc) is 2.68. The third kappa shape index (κ3) is 4.81. The Hall–Kier alpha value is -0.0562. The summed E-state index contributed by atoms with van der Waals surface area (Å²) in [6.07, 6.45) is 1.29. The molecular weight excluding hydrogens is 412 g/mol. The third-order valence-corrected chi connectivity index (χ3v) is 17.2. The summed E-state index contributed by atoms with van der Waals surface area (Å²) in [6, 6.07) is 3.25. The fourth-order valence-electron chi connectivity index (χ4n) is 5.50. The van der Waals surface area contributed by atoms with Crippen LogP contribution in [0.2, 0.25) is 28.2 Å². The molecule has 176 valence electrons. The Morgan fingerprint density at radius 3 is 2.00 bits per heavy atom. The van der Waals surface area contributed by atoms with Crippen LogP contribution in [0.5, 0.6) is 0 Å². The van der Waals surface area contributed by atoms with Gasteiger partial charge >= 0.3 is 8.56 Å². The lowest BCUT2D eigenvalue weighted by Crippen LogP contribution is -2.68. The highest BCUT2D eigenvalue weighted by Crippen LogP contribution is 2.55. The maximum absolute atomic E-state index is 11.7. The van der Waals surface area contributed by atoms with Crippen LogP contribution in [0.25, 0.3) is 0 Å². The summed E-state index contributed by atoms with van der Waals surface area (Å²) < 4.78 is 26.9. The van der Waals surface area contributed by atoms with Gasteiger partial charge in [0.2, 0.25) is 0 Å². The van der Waals surface area contributed by atoms with Crippen molar-refractivity contribution in [2.45, 2.75) is 128 Å². The van der Waals surface area contributed by atoms with E-state index in [-0.39, 0.29) is 40.4 Å². The van der Waals surface area contributed by atoms with Crippen molar-refractivity contribution in [1.29, 1.82) is 0 Å². The zero-order valence-corrected chi connectivity index (χ0v) is 23.0. The van der Waals surface area contributed by atoms with Gasteiger partial charge in [-0.2, -0.15) is 0 Å². The highest BCUT2D eigenvalue weighted by atomic mass is 28.4. The fourth-order valence-corrected chi connectivity index (χ4v) is 13.3. The van der Waals surface area contributed by atoms with Crippen molar-refractivity contribution in [2.24, 2.45) is 5.92 Å². The number of carbonyl (C=O) groups is 1. The van der Waals surface area contributed by atoms with Gasteiger partial charge in [0.25, 0.3) is 0 Å². The Morgan fingerprint density at radius 1 is 1.03 bits per heavy atom. The van der Waals surface area contributed by atoms with E-state index in [9.17, 15) is 4.79 Å². The van der Waals surface area contributed by atoms with Crippen LogP contribution in [0.1, 0.15) is 75.7 Å². The Kier molecular flexibility index (Phi) is 8.24. The molecule has 0 bridgehead atoms. The number of fused-ring (bicyclic) bond motifs is 1. The second-order valence-electron chi connectivity index (χ2n) is 11.4. The van der Waals surface area contributed by atoms with Gasteiger partial charge in [0.15, 0.2) is 8.32 Å². The zero-order valence-electron chi connectivity index (χ0n) is 21.0. The molecule has 2 fully saturated rings. The lowest BCUT2D eigenvalue weighted by molar-refractivity contribution is -0.205. The molecule has 7 heteroatoms. The molecule has 0 radical (unpaired) electrons. The summed E-state index contributed by atoms with van der Waals surface area (Å²) in [4.78, 5) is 11.7. The summed E-state index contributed by atoms with van der Waals surface area (Å²) >= 11 is 0. The second-order valence-corrected chi connectivity index (χ2v) is 20.8. The molecule has 2 aliphatic rings. The van der Waals surface area contributed by atoms with Crippen LogP contribution < -0.4 is 0 Å². The van der Waals surface area contributed by atoms with Crippen molar-refractivity contribution in [3.8, 4) is 0 Å². The van der Waals surface area contributed by atoms with Crippen molar-refractivity contribution < 1.29 is 22.8 Å². The number of aldehydes is 1. The molecule has 5 atom stereocenters. The predicted octanol–water partition coefficient (Wildman–Crippen LogP) is 5.83. The van der Waals surface area contributed by atoms with Crippen LogP contribution in [0.15, 0.2) is 0 Å². The molecule has 0 aromatic carbocycles. The molecule has 2 aliphatic heterocycles. The molecule has 2 saturated heterocycles. The third-order valence-electron chi connectivity index (χ3n) is 7.39. The molecule has 2 heterocycles. The SMILES string of the molecule is CC[Si](CC)(CC)OC1C[C@H]2O[Si](C(C)(C)C)(C(C)(C)C)OC[C@H]2O[C@H]1[C@H](C)C=O. The topological polar surface area (TPSA) is 54.0 Å². The molecular formula is C23H46O5Si2. The molecule has 1 unspecified atom stereocenters. The van der Waals surface area contributed by atoms with E-state index in [4.69, 9.17) is 18.0 Å². The van der Waals surface area contributed by atoms with Crippen molar-refractivity contribution >= 4 is 23.2 Å². The van der Waals surface area contributed by atoms with Gasteiger partial charge in [-0.15, -0.1) is 0 Å². The first-order valence-electron chi connectivity index (χ1n) is 11.9. The van der Waals surface area contributed by atoms with Gasteiger partial charge in [-0.05, 0) is 18.1 Å². The summed E-state index contributed by atoms with van der Waals surface area (Å²) in [7, 11) is -4.40. The average molecular weight is 459 g/mol. The Labute approximate surface area is 187 Å². The van der Waals surface area contributed by atoms with Crippen molar-refractivity contribution in [3.63, 3.8) is 0 Å². The molecule has 0 saturated carbocycles. The maximum Gasteiger partial charge on any atom is 0.349 e. The smallest absolute Gasteiger partial charge is 0.349 e. The first-order chi connectivity index (χ1) is 13.8. The van der Waals surface area contributed by atoms with E-state index < -0.39 is 16.9 Å². The monoisotopic (exact) mass is 458 g/mol. The molecule has 0 aromatic heterocycles. The van der Waals surface area contributed by atoms with Gasteiger partial charge in [-0.3, -0.25) is 0 Å². The zero-order chi connectivity index (χ0) is 23.0. The van der Waals surface area contributed by atoms with E-state index >= 15 is 0 Å². The lowest BCUT2D eigenvalue weighted by Gasteiger charge is -2.57. The normalized spacial score (nSPS) is 31.1. The van der Waals surface area contributed by atoms with E-state index in [0.717, 1.165) is 30.8 Å². The van der Waals surface area contributed by atoms with Gasteiger partial charge < -0.3 is 22.8 Å². The van der Waals surface area contributed by atoms with E-state index in [1.54, 1.807) is 0 Å². The summed E-state index contributed by atoms with van der Waals surface area (Å²) in [5.41, 5.74) is 0. The van der Waals surface area contributed by atoms with E-state index in [1.807, 2.05) is 6.92 Å². The first-order valence-corrected chi connectivity index (χ1v) is 16.2. The van der Waals surface area contributed by atoms with E-state index in [0.29, 0.717) is 6.61 Å². The van der Waals surface area contributed by atoms with Crippen molar-refractivity contribution in [1.82, 2.24) is 0 Å². The Balaban J connectivity index is 2.36. The van der Waals surface area contributed by atoms with Crippen molar-refractivity contribution in [3.05, 3.63) is 0 Å². The predicted molar refractivity (Wildman–Crippen MR) is 127 cm³/mol. The van der Waals surface area contributed by atoms with Gasteiger partial charge in [-0.25, -0.2) is 0 Å². The summed E-state index contributed by atoms with van der Waals surface area (Å²) in [5.74, 6) is -0.206. The van der Waals surface area contributed by atoms with Gasteiger partial charge in [0.05, 0.1) is 24.9 Å². The van der Waals surface area contributed by atoms with Gasteiger partial charge in [-0.1, -0.05) is 69.2 Å². The second kappa shape index (κ2) is 9.43. The number of hydrogen-bond donors (Lipinski definition) is 0. The van der Waals surface area contributed by atoms with E-state index in [2.05, 4.69) is 62.3 Å². The minimum absolute atomic E-state index is 0.0405. The number of ether oxygens (including phenoxy) is 1. The molecule has 0 spiro atoms. The lowest BCUT2D eigenvalue weighted by atomic mass is 9.92. The first kappa shape index (κ1) is 26.2.